The lowest BCUT2D eigenvalue weighted by Gasteiger charge is -2.55. The lowest BCUT2D eigenvalue weighted by atomic mass is 9.52. The van der Waals surface area contributed by atoms with Gasteiger partial charge in [-0.2, -0.15) is 0 Å². The minimum atomic E-state index is -0.727. The summed E-state index contributed by atoms with van der Waals surface area (Å²) in [6.07, 6.45) is 4.99. The van der Waals surface area contributed by atoms with Crippen molar-refractivity contribution in [1.82, 2.24) is 9.97 Å². The number of carbonyl (C=O) groups is 1. The van der Waals surface area contributed by atoms with Gasteiger partial charge in [-0.05, 0) is 55.0 Å². The Morgan fingerprint density at radius 2 is 2.09 bits per heavy atom. The summed E-state index contributed by atoms with van der Waals surface area (Å²) in [5.74, 6) is -0.283. The number of hydrogen-bond donors (Lipinski definition) is 2. The van der Waals surface area contributed by atoms with Gasteiger partial charge in [0.05, 0.1) is 5.92 Å². The molecule has 3 aliphatic rings. The third-order valence-corrected chi connectivity index (χ3v) is 5.87. The fraction of sp³-hybridized carbons (Fsp3) is 0.667. The Bertz CT molecular complexity index is 568. The molecule has 0 saturated heterocycles. The molecule has 0 unspecified atom stereocenters. The predicted molar refractivity (Wildman–Crippen MR) is 85.3 cm³/mol. The molecule has 2 atom stereocenters. The van der Waals surface area contributed by atoms with Crippen molar-refractivity contribution < 1.29 is 9.90 Å². The number of rotatable bonds is 4. The van der Waals surface area contributed by atoms with Gasteiger partial charge in [-0.3, -0.25) is 4.79 Å². The molecule has 3 aliphatic carbocycles. The van der Waals surface area contributed by atoms with Crippen molar-refractivity contribution in [1.29, 1.82) is 0 Å². The number of carboxylic acids is 1. The first-order valence-electron chi connectivity index (χ1n) is 7.64. The highest BCUT2D eigenvalue weighted by Gasteiger charge is 2.55. The highest BCUT2D eigenvalue weighted by Crippen LogP contribution is 2.56. The van der Waals surface area contributed by atoms with Gasteiger partial charge >= 0.3 is 5.97 Å². The molecular weight excluding hydrogens is 325 g/mol. The first-order valence-corrected chi connectivity index (χ1v) is 8.40. The number of nitrogens with one attached hydrogen (secondary N) is 1. The number of fused-ring (bicyclic) bond motifs is 3. The number of carboxylic acid groups (broad SMARTS) is 1. The largest absolute Gasteiger partial charge is 0.481 e. The summed E-state index contributed by atoms with van der Waals surface area (Å²) in [6, 6.07) is 1.45. The van der Waals surface area contributed by atoms with Gasteiger partial charge in [-0.15, -0.1) is 0 Å². The lowest BCUT2D eigenvalue weighted by molar-refractivity contribution is -0.155. The van der Waals surface area contributed by atoms with Crippen LogP contribution in [0.3, 0.4) is 0 Å². The molecule has 0 aliphatic heterocycles. The molecule has 0 amide bonds. The summed E-state index contributed by atoms with van der Waals surface area (Å²) in [7, 11) is 0. The van der Waals surface area contributed by atoms with Gasteiger partial charge in [0.15, 0.2) is 0 Å². The van der Waals surface area contributed by atoms with E-state index < -0.39 is 11.9 Å². The van der Waals surface area contributed by atoms with Crippen molar-refractivity contribution >= 4 is 35.0 Å². The van der Waals surface area contributed by atoms with E-state index in [4.69, 9.17) is 23.2 Å². The van der Waals surface area contributed by atoms with E-state index in [0.29, 0.717) is 11.7 Å². The molecule has 1 aromatic heterocycles. The summed E-state index contributed by atoms with van der Waals surface area (Å²) < 4.78 is 0. The fourth-order valence-corrected chi connectivity index (χ4v) is 4.77. The number of nitrogens with zero attached hydrogens (tertiary/aromatic N) is 2. The van der Waals surface area contributed by atoms with Crippen LogP contribution < -0.4 is 5.32 Å². The van der Waals surface area contributed by atoms with Crippen LogP contribution >= 0.6 is 23.2 Å². The molecule has 4 rings (SSSR count). The Kier molecular flexibility index (Phi) is 4.21. The second-order valence-electron chi connectivity index (χ2n) is 6.38. The van der Waals surface area contributed by atoms with E-state index in [1.54, 1.807) is 6.07 Å². The monoisotopic (exact) mass is 343 g/mol. The summed E-state index contributed by atoms with van der Waals surface area (Å²) >= 11 is 11.7. The zero-order valence-corrected chi connectivity index (χ0v) is 13.9. The normalized spacial score (nSPS) is 33.7. The van der Waals surface area contributed by atoms with Gasteiger partial charge in [-0.25, -0.2) is 9.97 Å². The molecule has 0 radical (unpaired) electrons. The number of halogens is 2. The minimum absolute atomic E-state index is 0.0630. The summed E-state index contributed by atoms with van der Waals surface area (Å²) in [5.41, 5.74) is -0.112. The third kappa shape index (κ3) is 2.65. The smallest absolute Gasteiger partial charge is 0.309 e. The van der Waals surface area contributed by atoms with Crippen molar-refractivity contribution in [2.45, 2.75) is 45.1 Å². The van der Waals surface area contributed by atoms with Crippen LogP contribution in [0.2, 0.25) is 10.4 Å². The van der Waals surface area contributed by atoms with Crippen LogP contribution in [0.5, 0.6) is 0 Å². The number of hydrogen-bond acceptors (Lipinski definition) is 4. The molecule has 0 aromatic carbocycles. The second-order valence-corrected chi connectivity index (χ2v) is 7.11. The van der Waals surface area contributed by atoms with Crippen molar-refractivity contribution in [2.24, 2.45) is 17.3 Å². The van der Waals surface area contributed by atoms with Gasteiger partial charge in [0.2, 0.25) is 5.28 Å². The van der Waals surface area contributed by atoms with E-state index >= 15 is 0 Å². The van der Waals surface area contributed by atoms with Gasteiger partial charge < -0.3 is 10.4 Å². The summed E-state index contributed by atoms with van der Waals surface area (Å²) in [6.45, 7) is 2.09. The molecule has 120 valence electrons. The maximum atomic E-state index is 11.9. The average molecular weight is 344 g/mol. The van der Waals surface area contributed by atoms with Crippen molar-refractivity contribution in [3.63, 3.8) is 0 Å². The van der Waals surface area contributed by atoms with E-state index in [1.807, 2.05) is 0 Å². The van der Waals surface area contributed by atoms with E-state index in [2.05, 4.69) is 22.2 Å². The Labute approximate surface area is 139 Å². The molecule has 2 N–H and O–H groups in total. The molecule has 22 heavy (non-hydrogen) atoms. The zero-order valence-electron chi connectivity index (χ0n) is 12.4. The first kappa shape index (κ1) is 15.8. The average Bonchev–Trinajstić information content (AvgIpc) is 2.46. The van der Waals surface area contributed by atoms with E-state index in [0.717, 1.165) is 32.1 Å². The van der Waals surface area contributed by atoms with Crippen LogP contribution in [0.15, 0.2) is 6.07 Å². The number of aromatic nitrogens is 2. The third-order valence-electron chi connectivity index (χ3n) is 5.51. The van der Waals surface area contributed by atoms with Crippen molar-refractivity contribution in [2.75, 3.05) is 5.32 Å². The van der Waals surface area contributed by atoms with Crippen LogP contribution in [-0.2, 0) is 4.79 Å². The fourth-order valence-electron chi connectivity index (χ4n) is 4.36. The molecule has 1 heterocycles. The van der Waals surface area contributed by atoms with Gasteiger partial charge in [-0.1, -0.05) is 18.5 Å². The Morgan fingerprint density at radius 1 is 1.41 bits per heavy atom. The zero-order chi connectivity index (χ0) is 15.9. The minimum Gasteiger partial charge on any atom is -0.481 e. The molecule has 2 bridgehead atoms. The molecule has 3 saturated carbocycles. The highest BCUT2D eigenvalue weighted by molar-refractivity contribution is 6.32. The predicted octanol–water partition coefficient (Wildman–Crippen LogP) is 3.86. The first-order chi connectivity index (χ1) is 10.4. The Hall–Kier alpha value is -1.07. The molecule has 0 spiro atoms. The van der Waals surface area contributed by atoms with Crippen LogP contribution in [0.1, 0.15) is 39.0 Å². The maximum Gasteiger partial charge on any atom is 0.309 e. The molecule has 7 heteroatoms. The van der Waals surface area contributed by atoms with Crippen molar-refractivity contribution in [3.05, 3.63) is 16.5 Å². The summed E-state index contributed by atoms with van der Waals surface area (Å²) in [4.78, 5) is 19.9. The molecule has 3 fully saturated rings. The Morgan fingerprint density at radius 3 is 2.64 bits per heavy atom. The molecular formula is C15H19Cl2N3O2. The maximum absolute atomic E-state index is 11.9. The van der Waals surface area contributed by atoms with Crippen molar-refractivity contribution in [3.8, 4) is 0 Å². The Balaban J connectivity index is 1.92. The summed E-state index contributed by atoms with van der Waals surface area (Å²) in [5, 5.41) is 13.4. The topological polar surface area (TPSA) is 75.1 Å². The quantitative estimate of drug-likeness (QED) is 0.641. The van der Waals surface area contributed by atoms with Gasteiger partial charge in [0.25, 0.3) is 0 Å². The van der Waals surface area contributed by atoms with Crippen LogP contribution in [0.25, 0.3) is 0 Å². The molecule has 5 nitrogen and oxygen atoms in total. The standard InChI is InChI=1S/C15H19Cl2N3O2/c1-2-15-5-3-8(4-6-15)12(11(15)13(21)22)19-10-7-9(16)18-14(17)20-10/h7-8,11-12H,2-6H2,1H3,(H,21,22)(H,18,19,20)/t8?,11-,12-,15?/m0/s1. The number of aliphatic carboxylic acids is 1. The van der Waals surface area contributed by atoms with E-state index in [1.165, 1.54) is 0 Å². The van der Waals surface area contributed by atoms with Crippen LogP contribution in [0.4, 0.5) is 5.82 Å². The second kappa shape index (κ2) is 5.85. The van der Waals surface area contributed by atoms with Gasteiger partial charge in [0.1, 0.15) is 11.0 Å². The van der Waals surface area contributed by atoms with E-state index in [9.17, 15) is 9.90 Å². The SMILES string of the molecule is CCC12CCC(CC1)[C@H](Nc1cc(Cl)nc(Cl)n1)[C@H]2C(=O)O. The van der Waals surface area contributed by atoms with E-state index in [-0.39, 0.29) is 21.9 Å². The van der Waals surface area contributed by atoms with Gasteiger partial charge in [0, 0.05) is 12.1 Å². The lowest BCUT2D eigenvalue weighted by Crippen LogP contribution is -2.57. The van der Waals surface area contributed by atoms with Crippen LogP contribution in [0, 0.1) is 17.3 Å². The highest BCUT2D eigenvalue weighted by atomic mass is 35.5. The molecule has 1 aromatic rings. The van der Waals surface area contributed by atoms with Crippen LogP contribution in [-0.4, -0.2) is 27.1 Å². The number of anilines is 1.